The molecule has 2 rings (SSSR count). The lowest BCUT2D eigenvalue weighted by molar-refractivity contribution is 0.598. The summed E-state index contributed by atoms with van der Waals surface area (Å²) in [5.74, 6) is -0.509. The van der Waals surface area contributed by atoms with Crippen LogP contribution in [0.4, 0.5) is 15.9 Å². The summed E-state index contributed by atoms with van der Waals surface area (Å²) in [5.41, 5.74) is -0.139. The summed E-state index contributed by atoms with van der Waals surface area (Å²) in [7, 11) is -2.42. The van der Waals surface area contributed by atoms with Gasteiger partial charge in [-0.3, -0.25) is 4.72 Å². The molecule has 0 radical (unpaired) electrons. The molecule has 0 fully saturated rings. The normalized spacial score (nSPS) is 11.2. The number of nitrogens with zero attached hydrogens (tertiary/aromatic N) is 1. The van der Waals surface area contributed by atoms with Gasteiger partial charge in [0.25, 0.3) is 10.0 Å². The highest BCUT2D eigenvalue weighted by atomic mass is 79.9. The smallest absolute Gasteiger partial charge is 0.265 e. The van der Waals surface area contributed by atoms with Crippen LogP contribution in [0, 0.1) is 5.82 Å². The number of sulfonamides is 1. The van der Waals surface area contributed by atoms with Crippen molar-refractivity contribution in [2.24, 2.45) is 0 Å². The van der Waals surface area contributed by atoms with Gasteiger partial charge in [0, 0.05) is 22.2 Å². The molecule has 0 saturated carbocycles. The first kappa shape index (κ1) is 16.2. The first-order valence-corrected chi connectivity index (χ1v) is 8.71. The molecule has 0 aliphatic heterocycles. The molecule has 0 bridgehead atoms. The van der Waals surface area contributed by atoms with Crippen LogP contribution in [0.3, 0.4) is 0 Å². The Morgan fingerprint density at radius 3 is 2.52 bits per heavy atom. The fourth-order valence-corrected chi connectivity index (χ4v) is 3.66. The summed E-state index contributed by atoms with van der Waals surface area (Å²) in [6, 6.07) is 5.44. The molecule has 0 spiro atoms. The number of hydrogen-bond donors (Lipinski definition) is 2. The van der Waals surface area contributed by atoms with E-state index in [2.05, 4.69) is 46.9 Å². The number of rotatable bonds is 4. The minimum absolute atomic E-state index is 0.0818. The highest BCUT2D eigenvalue weighted by Gasteiger charge is 2.21. The second kappa shape index (κ2) is 6.29. The van der Waals surface area contributed by atoms with E-state index in [1.165, 1.54) is 24.4 Å². The van der Waals surface area contributed by atoms with Crippen molar-refractivity contribution in [1.82, 2.24) is 4.98 Å². The van der Waals surface area contributed by atoms with Gasteiger partial charge in [-0.05, 0) is 40.2 Å². The van der Waals surface area contributed by atoms with E-state index in [9.17, 15) is 12.8 Å². The van der Waals surface area contributed by atoms with Crippen molar-refractivity contribution in [3.63, 3.8) is 0 Å². The molecule has 1 heterocycles. The molecule has 0 aliphatic carbocycles. The van der Waals surface area contributed by atoms with Gasteiger partial charge < -0.3 is 5.32 Å². The highest BCUT2D eigenvalue weighted by Crippen LogP contribution is 2.26. The lowest BCUT2D eigenvalue weighted by atomic mass is 10.3. The lowest BCUT2D eigenvalue weighted by Crippen LogP contribution is -2.16. The predicted octanol–water partition coefficient (Wildman–Crippen LogP) is 3.59. The zero-order chi connectivity index (χ0) is 15.6. The van der Waals surface area contributed by atoms with Gasteiger partial charge in [-0.1, -0.05) is 15.9 Å². The molecule has 5 nitrogen and oxygen atoms in total. The SMILES string of the molecule is CNc1ncc(Br)cc1S(=O)(=O)Nc1ccc(Br)cc1F. The number of halogens is 3. The maximum Gasteiger partial charge on any atom is 0.265 e. The van der Waals surface area contributed by atoms with Gasteiger partial charge >= 0.3 is 0 Å². The summed E-state index contributed by atoms with van der Waals surface area (Å²) >= 11 is 6.27. The molecule has 112 valence electrons. The Labute approximate surface area is 138 Å². The standard InChI is InChI=1S/C12H10Br2FN3O2S/c1-16-12-11(5-8(14)6-17-12)21(19,20)18-10-3-2-7(13)4-9(10)15/h2-6,18H,1H3,(H,16,17). The van der Waals surface area contributed by atoms with Gasteiger partial charge in [0.05, 0.1) is 5.69 Å². The van der Waals surface area contributed by atoms with Crippen LogP contribution in [0.5, 0.6) is 0 Å². The lowest BCUT2D eigenvalue weighted by Gasteiger charge is -2.12. The fourth-order valence-electron chi connectivity index (χ4n) is 1.59. The fraction of sp³-hybridized carbons (Fsp3) is 0.0833. The zero-order valence-corrected chi connectivity index (χ0v) is 14.7. The second-order valence-electron chi connectivity index (χ2n) is 3.98. The van der Waals surface area contributed by atoms with Crippen LogP contribution in [0.25, 0.3) is 0 Å². The van der Waals surface area contributed by atoms with E-state index in [1.54, 1.807) is 13.1 Å². The Morgan fingerprint density at radius 1 is 1.19 bits per heavy atom. The third-order valence-electron chi connectivity index (χ3n) is 2.52. The molecular formula is C12H10Br2FN3O2S. The van der Waals surface area contributed by atoms with Crippen LogP contribution < -0.4 is 10.0 Å². The number of aromatic nitrogens is 1. The summed E-state index contributed by atoms with van der Waals surface area (Å²) in [6.45, 7) is 0. The van der Waals surface area contributed by atoms with E-state index in [0.29, 0.717) is 8.95 Å². The molecule has 0 amide bonds. The van der Waals surface area contributed by atoms with E-state index < -0.39 is 15.8 Å². The van der Waals surface area contributed by atoms with E-state index >= 15 is 0 Å². The Hall–Kier alpha value is -1.19. The van der Waals surface area contributed by atoms with Crippen molar-refractivity contribution in [2.75, 3.05) is 17.1 Å². The number of hydrogen-bond acceptors (Lipinski definition) is 4. The van der Waals surface area contributed by atoms with Crippen molar-refractivity contribution >= 4 is 53.4 Å². The maximum atomic E-state index is 13.8. The Balaban J connectivity index is 2.45. The monoisotopic (exact) mass is 437 g/mol. The quantitative estimate of drug-likeness (QED) is 0.765. The van der Waals surface area contributed by atoms with Crippen LogP contribution in [0.1, 0.15) is 0 Å². The van der Waals surface area contributed by atoms with Crippen molar-refractivity contribution in [1.29, 1.82) is 0 Å². The summed E-state index contributed by atoms with van der Waals surface area (Å²) in [6.07, 6.45) is 1.46. The van der Waals surface area contributed by atoms with Crippen LogP contribution in [-0.4, -0.2) is 20.4 Å². The molecule has 2 aromatic rings. The topological polar surface area (TPSA) is 71.1 Å². The first-order chi connectivity index (χ1) is 9.83. The van der Waals surface area contributed by atoms with Gasteiger partial charge in [0.1, 0.15) is 16.5 Å². The molecule has 0 aliphatic rings. The Bertz CT molecular complexity index is 784. The number of pyridine rings is 1. The van der Waals surface area contributed by atoms with Gasteiger partial charge in [-0.25, -0.2) is 17.8 Å². The van der Waals surface area contributed by atoms with E-state index in [4.69, 9.17) is 0 Å². The largest absolute Gasteiger partial charge is 0.372 e. The number of nitrogens with one attached hydrogen (secondary N) is 2. The first-order valence-electron chi connectivity index (χ1n) is 5.64. The van der Waals surface area contributed by atoms with E-state index in [-0.39, 0.29) is 16.4 Å². The zero-order valence-electron chi connectivity index (χ0n) is 10.7. The second-order valence-corrected chi connectivity index (χ2v) is 7.46. The van der Waals surface area contributed by atoms with Gasteiger partial charge in [0.2, 0.25) is 0 Å². The molecule has 0 atom stereocenters. The minimum atomic E-state index is -3.97. The maximum absolute atomic E-state index is 13.8. The Morgan fingerprint density at radius 2 is 1.90 bits per heavy atom. The molecule has 9 heteroatoms. The van der Waals surface area contributed by atoms with Crippen molar-refractivity contribution in [3.05, 3.63) is 45.2 Å². The van der Waals surface area contributed by atoms with Crippen molar-refractivity contribution in [2.45, 2.75) is 4.90 Å². The van der Waals surface area contributed by atoms with Crippen LogP contribution >= 0.6 is 31.9 Å². The molecule has 21 heavy (non-hydrogen) atoms. The van der Waals surface area contributed by atoms with Crippen LogP contribution in [-0.2, 0) is 10.0 Å². The molecule has 0 saturated heterocycles. The summed E-state index contributed by atoms with van der Waals surface area (Å²) in [5, 5.41) is 2.69. The third kappa shape index (κ3) is 3.72. The van der Waals surface area contributed by atoms with Crippen molar-refractivity contribution in [3.8, 4) is 0 Å². The van der Waals surface area contributed by atoms with Gasteiger partial charge in [0.15, 0.2) is 0 Å². The molecule has 0 unspecified atom stereocenters. The third-order valence-corrected chi connectivity index (χ3v) is 4.83. The highest BCUT2D eigenvalue weighted by molar-refractivity contribution is 9.10. The minimum Gasteiger partial charge on any atom is -0.372 e. The number of anilines is 2. The summed E-state index contributed by atoms with van der Waals surface area (Å²) in [4.78, 5) is 3.88. The van der Waals surface area contributed by atoms with Gasteiger partial charge in [-0.2, -0.15) is 0 Å². The van der Waals surface area contributed by atoms with E-state index in [0.717, 1.165) is 0 Å². The van der Waals surface area contributed by atoms with Gasteiger partial charge in [-0.15, -0.1) is 0 Å². The molecule has 1 aromatic heterocycles. The van der Waals surface area contributed by atoms with Crippen LogP contribution in [0.15, 0.2) is 44.3 Å². The average molecular weight is 439 g/mol. The summed E-state index contributed by atoms with van der Waals surface area (Å²) < 4.78 is 41.7. The molecule has 1 aromatic carbocycles. The van der Waals surface area contributed by atoms with Crippen molar-refractivity contribution < 1.29 is 12.8 Å². The molecule has 2 N–H and O–H groups in total. The Kier molecular flexibility index (Phi) is 4.84. The van der Waals surface area contributed by atoms with Crippen LogP contribution in [0.2, 0.25) is 0 Å². The van der Waals surface area contributed by atoms with E-state index in [1.807, 2.05) is 0 Å². The number of benzene rings is 1. The average Bonchev–Trinajstić information content (AvgIpc) is 2.42. The molecular weight excluding hydrogens is 429 g/mol. The predicted molar refractivity (Wildman–Crippen MR) is 86.4 cm³/mol.